The fourth-order valence-corrected chi connectivity index (χ4v) is 0.663. The molecule has 12 heavy (non-hydrogen) atoms. The second-order valence-corrected chi connectivity index (χ2v) is 3.06. The Kier molecular flexibility index (Phi) is 5.66. The number of esters is 1. The van der Waals surface area contributed by atoms with Crippen LogP contribution in [0.2, 0.25) is 0 Å². The highest BCUT2D eigenvalue weighted by atomic mass is 16.6. The highest BCUT2D eigenvalue weighted by Crippen LogP contribution is 2.01. The van der Waals surface area contributed by atoms with Gasteiger partial charge in [0.05, 0.1) is 5.92 Å². The van der Waals surface area contributed by atoms with Crippen LogP contribution in [0.5, 0.6) is 0 Å². The van der Waals surface area contributed by atoms with Crippen molar-refractivity contribution in [1.29, 1.82) is 0 Å². The maximum Gasteiger partial charge on any atom is 0.309 e. The van der Waals surface area contributed by atoms with Crippen LogP contribution in [0.3, 0.4) is 0 Å². The summed E-state index contributed by atoms with van der Waals surface area (Å²) < 4.78 is 4.90. The third kappa shape index (κ3) is 5.09. The molecular formula is C8H18N2O2. The van der Waals surface area contributed by atoms with E-state index in [2.05, 4.69) is 0 Å². The summed E-state index contributed by atoms with van der Waals surface area (Å²) >= 11 is 0. The van der Waals surface area contributed by atoms with Crippen LogP contribution in [0.15, 0.2) is 0 Å². The lowest BCUT2D eigenvalue weighted by Crippen LogP contribution is -2.29. The summed E-state index contributed by atoms with van der Waals surface area (Å²) in [6.45, 7) is 4.13. The fraction of sp³-hybridized carbons (Fsp3) is 0.875. The van der Waals surface area contributed by atoms with E-state index < -0.39 is 6.23 Å². The molecule has 0 aromatic carbocycles. The maximum absolute atomic E-state index is 11.0. The Balaban J connectivity index is 3.54. The molecule has 0 heterocycles. The monoisotopic (exact) mass is 174 g/mol. The molecule has 0 aliphatic carbocycles. The van der Waals surface area contributed by atoms with Gasteiger partial charge in [0.15, 0.2) is 6.23 Å². The Labute approximate surface area is 73.2 Å². The number of hydrogen-bond donors (Lipinski definition) is 2. The molecule has 0 radical (unpaired) electrons. The number of carbonyl (C=O) groups is 1. The van der Waals surface area contributed by atoms with Crippen molar-refractivity contribution in [2.45, 2.75) is 32.9 Å². The van der Waals surface area contributed by atoms with E-state index in [9.17, 15) is 4.79 Å². The van der Waals surface area contributed by atoms with E-state index in [0.29, 0.717) is 13.0 Å². The van der Waals surface area contributed by atoms with Gasteiger partial charge in [-0.25, -0.2) is 0 Å². The molecular weight excluding hydrogens is 156 g/mol. The second-order valence-electron chi connectivity index (χ2n) is 3.06. The maximum atomic E-state index is 11.0. The standard InChI is InChI=1S/C8H18N2O2/c1-6(2)8(11)12-7(10)4-3-5-9/h6-7H,3-5,9-10H2,1-2H3. The highest BCUT2D eigenvalue weighted by molar-refractivity contribution is 5.71. The van der Waals surface area contributed by atoms with E-state index in [1.54, 1.807) is 13.8 Å². The van der Waals surface area contributed by atoms with E-state index in [-0.39, 0.29) is 11.9 Å². The summed E-state index contributed by atoms with van der Waals surface area (Å²) in [5, 5.41) is 0. The third-order valence-corrected chi connectivity index (χ3v) is 1.43. The molecule has 0 saturated heterocycles. The van der Waals surface area contributed by atoms with Crippen LogP contribution in [0.1, 0.15) is 26.7 Å². The van der Waals surface area contributed by atoms with Crippen LogP contribution in [-0.4, -0.2) is 18.7 Å². The molecule has 0 aromatic heterocycles. The summed E-state index contributed by atoms with van der Waals surface area (Å²) in [5.74, 6) is -0.367. The first-order valence-corrected chi connectivity index (χ1v) is 4.24. The summed E-state index contributed by atoms with van der Waals surface area (Å²) in [6.07, 6.45) is 0.921. The van der Waals surface area contributed by atoms with Gasteiger partial charge in [-0.05, 0) is 19.4 Å². The van der Waals surface area contributed by atoms with Crippen molar-refractivity contribution in [2.75, 3.05) is 6.54 Å². The minimum atomic E-state index is -0.497. The zero-order chi connectivity index (χ0) is 9.56. The minimum Gasteiger partial charge on any atom is -0.447 e. The topological polar surface area (TPSA) is 78.3 Å². The molecule has 0 spiro atoms. The predicted octanol–water partition coefficient (Wildman–Crippen LogP) is 0.209. The van der Waals surface area contributed by atoms with Gasteiger partial charge in [0.2, 0.25) is 0 Å². The van der Waals surface area contributed by atoms with Gasteiger partial charge in [-0.1, -0.05) is 13.8 Å². The molecule has 1 unspecified atom stereocenters. The number of ether oxygens (including phenoxy) is 1. The van der Waals surface area contributed by atoms with Gasteiger partial charge in [-0.2, -0.15) is 0 Å². The van der Waals surface area contributed by atoms with Crippen LogP contribution in [0.4, 0.5) is 0 Å². The second kappa shape index (κ2) is 5.97. The SMILES string of the molecule is CC(C)C(=O)OC(N)CCCN. The van der Waals surface area contributed by atoms with Crippen LogP contribution in [0.25, 0.3) is 0 Å². The fourth-order valence-electron chi connectivity index (χ4n) is 0.663. The number of rotatable bonds is 5. The van der Waals surface area contributed by atoms with Crippen LogP contribution in [-0.2, 0) is 9.53 Å². The van der Waals surface area contributed by atoms with Gasteiger partial charge in [0, 0.05) is 0 Å². The van der Waals surface area contributed by atoms with Gasteiger partial charge in [-0.3, -0.25) is 10.5 Å². The molecule has 72 valence electrons. The Hall–Kier alpha value is -0.610. The molecule has 0 amide bonds. The minimum absolute atomic E-state index is 0.117. The lowest BCUT2D eigenvalue weighted by Gasteiger charge is -2.13. The molecule has 0 rings (SSSR count). The lowest BCUT2D eigenvalue weighted by atomic mass is 10.2. The molecule has 0 saturated carbocycles. The Morgan fingerprint density at radius 1 is 1.50 bits per heavy atom. The van der Waals surface area contributed by atoms with Gasteiger partial charge >= 0.3 is 5.97 Å². The first kappa shape index (κ1) is 11.4. The van der Waals surface area contributed by atoms with Gasteiger partial charge < -0.3 is 10.5 Å². The largest absolute Gasteiger partial charge is 0.447 e. The molecule has 0 aliphatic rings. The van der Waals surface area contributed by atoms with Crippen molar-refractivity contribution < 1.29 is 9.53 Å². The van der Waals surface area contributed by atoms with Crippen LogP contribution < -0.4 is 11.5 Å². The molecule has 0 aliphatic heterocycles. The molecule has 4 heteroatoms. The Bertz CT molecular complexity index is 137. The molecule has 1 atom stereocenters. The number of carbonyl (C=O) groups excluding carboxylic acids is 1. The molecule has 0 aromatic rings. The van der Waals surface area contributed by atoms with Gasteiger partial charge in [-0.15, -0.1) is 0 Å². The molecule has 4 N–H and O–H groups in total. The molecule has 4 nitrogen and oxygen atoms in total. The quantitative estimate of drug-likeness (QED) is 0.461. The first-order chi connectivity index (χ1) is 5.57. The summed E-state index contributed by atoms with van der Waals surface area (Å²) in [4.78, 5) is 11.0. The average molecular weight is 174 g/mol. The zero-order valence-corrected chi connectivity index (χ0v) is 7.75. The summed E-state index contributed by atoms with van der Waals surface area (Å²) in [6, 6.07) is 0. The van der Waals surface area contributed by atoms with Crippen molar-refractivity contribution in [3.63, 3.8) is 0 Å². The number of nitrogens with two attached hydrogens (primary N) is 2. The molecule has 0 bridgehead atoms. The van der Waals surface area contributed by atoms with E-state index in [4.69, 9.17) is 16.2 Å². The summed E-state index contributed by atoms with van der Waals surface area (Å²) in [5.41, 5.74) is 10.8. The first-order valence-electron chi connectivity index (χ1n) is 4.24. The smallest absolute Gasteiger partial charge is 0.309 e. The van der Waals surface area contributed by atoms with Gasteiger partial charge in [0.25, 0.3) is 0 Å². The summed E-state index contributed by atoms with van der Waals surface area (Å²) in [7, 11) is 0. The van der Waals surface area contributed by atoms with E-state index in [1.807, 2.05) is 0 Å². The van der Waals surface area contributed by atoms with Crippen molar-refractivity contribution in [3.8, 4) is 0 Å². The highest BCUT2D eigenvalue weighted by Gasteiger charge is 2.12. The Morgan fingerprint density at radius 2 is 2.08 bits per heavy atom. The third-order valence-electron chi connectivity index (χ3n) is 1.43. The van der Waals surface area contributed by atoms with Crippen molar-refractivity contribution in [3.05, 3.63) is 0 Å². The van der Waals surface area contributed by atoms with Crippen molar-refractivity contribution in [1.82, 2.24) is 0 Å². The van der Waals surface area contributed by atoms with E-state index in [0.717, 1.165) is 6.42 Å². The Morgan fingerprint density at radius 3 is 2.50 bits per heavy atom. The predicted molar refractivity (Wildman–Crippen MR) is 47.2 cm³/mol. The lowest BCUT2D eigenvalue weighted by molar-refractivity contribution is -0.152. The zero-order valence-electron chi connectivity index (χ0n) is 7.75. The van der Waals surface area contributed by atoms with Crippen molar-refractivity contribution >= 4 is 5.97 Å². The number of hydrogen-bond acceptors (Lipinski definition) is 4. The van der Waals surface area contributed by atoms with Crippen molar-refractivity contribution in [2.24, 2.45) is 17.4 Å². The van der Waals surface area contributed by atoms with Gasteiger partial charge in [0.1, 0.15) is 0 Å². The van der Waals surface area contributed by atoms with E-state index in [1.165, 1.54) is 0 Å². The van der Waals surface area contributed by atoms with Crippen LogP contribution in [0, 0.1) is 5.92 Å². The average Bonchev–Trinajstić information content (AvgIpc) is 2.00. The molecule has 0 fully saturated rings. The van der Waals surface area contributed by atoms with E-state index >= 15 is 0 Å². The van der Waals surface area contributed by atoms with Crippen LogP contribution >= 0.6 is 0 Å². The normalized spacial score (nSPS) is 13.1.